The summed E-state index contributed by atoms with van der Waals surface area (Å²) in [4.78, 5) is 0. The molecule has 0 saturated carbocycles. The summed E-state index contributed by atoms with van der Waals surface area (Å²) in [5.41, 5.74) is 12.2. The summed E-state index contributed by atoms with van der Waals surface area (Å²) in [6.07, 6.45) is 3.64. The van der Waals surface area contributed by atoms with Gasteiger partial charge in [-0.05, 0) is 116 Å². The molecule has 53 heavy (non-hydrogen) atoms. The molecule has 2 N–H and O–H groups in total. The molecule has 0 aliphatic heterocycles. The first-order valence-electron chi connectivity index (χ1n) is 19.3. The molecule has 0 aliphatic rings. The summed E-state index contributed by atoms with van der Waals surface area (Å²) in [7, 11) is 2.43. The van der Waals surface area contributed by atoms with Crippen molar-refractivity contribution in [3.05, 3.63) is 141 Å². The number of aromatic hydroxyl groups is 1. The molecule has 0 aliphatic carbocycles. The van der Waals surface area contributed by atoms with Gasteiger partial charge in [-0.3, -0.25) is 0 Å². The first-order chi connectivity index (χ1) is 25.1. The molecule has 5 aromatic rings. The molecule has 0 bridgehead atoms. The van der Waals surface area contributed by atoms with Crippen molar-refractivity contribution in [3.8, 4) is 16.9 Å². The summed E-state index contributed by atoms with van der Waals surface area (Å²) < 4.78 is 5.89. The van der Waals surface area contributed by atoms with Crippen LogP contribution in [0.2, 0.25) is 0 Å². The van der Waals surface area contributed by atoms with E-state index in [4.69, 9.17) is 4.52 Å². The predicted molar refractivity (Wildman–Crippen MR) is 232 cm³/mol. The highest BCUT2D eigenvalue weighted by Crippen LogP contribution is 2.47. The Morgan fingerprint density at radius 1 is 0.604 bits per heavy atom. The van der Waals surface area contributed by atoms with Crippen molar-refractivity contribution >= 4 is 38.0 Å². The molecular formula is C49H59O3P. The fourth-order valence-corrected chi connectivity index (χ4v) is 7.52. The first-order valence-corrected chi connectivity index (χ1v) is 19.8. The molecule has 5 aromatic carbocycles. The Bertz CT molecular complexity index is 2100. The van der Waals surface area contributed by atoms with Crippen molar-refractivity contribution in [2.45, 2.75) is 112 Å². The van der Waals surface area contributed by atoms with Gasteiger partial charge in [0.25, 0.3) is 0 Å². The van der Waals surface area contributed by atoms with Crippen molar-refractivity contribution < 1.29 is 14.7 Å². The average Bonchev–Trinajstić information content (AvgIpc) is 3.13. The minimum Gasteiger partial charge on any atom is -0.507 e. The Balaban J connectivity index is 1.90. The standard InChI is InChI=1S/C49H59O3P/c1-28(2)36-23-39(30(5)6)47(40(24-36)31(7)8)44(21-34-17-13-12-14-18-34)46(50)27-43-38-20-16-15-19-35(38)22-45(49(43)51)48-41(32(9)10)25-37(29(3)4)26-42(48)33(11)52-53/h12-33,50-51H,53H2,1-11H3/b44-21+,46-27-. The SMILES string of the molecule is CC(C)c1cc(C(C)C)c(C(=C/c2ccccc2)/C(O)=C/c2c(O)c(-c3c(C(C)C)cc(C(C)C)cc3C(C)OP)cc3ccccc23)c(C(C)C)c1. The lowest BCUT2D eigenvalue weighted by molar-refractivity contribution is 0.270. The van der Waals surface area contributed by atoms with E-state index in [2.05, 4.69) is 140 Å². The number of rotatable bonds is 12. The fourth-order valence-electron chi connectivity index (χ4n) is 7.38. The second-order valence-corrected chi connectivity index (χ2v) is 16.4. The quantitative estimate of drug-likeness (QED) is 0.0582. The van der Waals surface area contributed by atoms with Gasteiger partial charge >= 0.3 is 0 Å². The number of allylic oxidation sites excluding steroid dienone is 1. The Labute approximate surface area is 321 Å². The molecule has 3 nitrogen and oxygen atoms in total. The zero-order valence-corrected chi connectivity index (χ0v) is 34.7. The Morgan fingerprint density at radius 3 is 1.64 bits per heavy atom. The van der Waals surface area contributed by atoms with Crippen molar-refractivity contribution in [1.29, 1.82) is 0 Å². The Morgan fingerprint density at radius 2 is 1.11 bits per heavy atom. The largest absolute Gasteiger partial charge is 0.507 e. The van der Waals surface area contributed by atoms with E-state index < -0.39 is 0 Å². The number of fused-ring (bicyclic) bond motifs is 1. The van der Waals surface area contributed by atoms with E-state index in [1.54, 1.807) is 6.08 Å². The van der Waals surface area contributed by atoms with Gasteiger partial charge in [0.1, 0.15) is 11.5 Å². The molecule has 2 atom stereocenters. The summed E-state index contributed by atoms with van der Waals surface area (Å²) in [5, 5.41) is 27.0. The van der Waals surface area contributed by atoms with Crippen LogP contribution in [0.1, 0.15) is 162 Å². The third-order valence-corrected chi connectivity index (χ3v) is 11.0. The minimum absolute atomic E-state index is 0.105. The van der Waals surface area contributed by atoms with Crippen LogP contribution >= 0.6 is 9.47 Å². The summed E-state index contributed by atoms with van der Waals surface area (Å²) in [5.74, 6) is 1.55. The maximum Gasteiger partial charge on any atom is 0.131 e. The normalized spacial score (nSPS) is 13.4. The second-order valence-electron chi connectivity index (χ2n) is 16.1. The van der Waals surface area contributed by atoms with Crippen LogP contribution in [-0.4, -0.2) is 10.2 Å². The van der Waals surface area contributed by atoms with Crippen molar-refractivity contribution in [1.82, 2.24) is 0 Å². The molecule has 4 heteroatoms. The molecular weight excluding hydrogens is 668 g/mol. The van der Waals surface area contributed by atoms with E-state index in [0.717, 1.165) is 49.7 Å². The van der Waals surface area contributed by atoms with Crippen LogP contribution in [0.3, 0.4) is 0 Å². The van der Waals surface area contributed by atoms with Crippen LogP contribution in [0.4, 0.5) is 0 Å². The van der Waals surface area contributed by atoms with Gasteiger partial charge in [-0.25, -0.2) is 0 Å². The van der Waals surface area contributed by atoms with Crippen LogP contribution in [0.15, 0.2) is 90.7 Å². The number of benzene rings is 5. The van der Waals surface area contributed by atoms with Crippen LogP contribution in [0.5, 0.6) is 5.75 Å². The molecule has 2 unspecified atom stereocenters. The van der Waals surface area contributed by atoms with Gasteiger partial charge in [0.2, 0.25) is 0 Å². The lowest BCUT2D eigenvalue weighted by atomic mass is 9.80. The lowest BCUT2D eigenvalue weighted by Gasteiger charge is -2.26. The average molecular weight is 727 g/mol. The highest BCUT2D eigenvalue weighted by Gasteiger charge is 2.26. The third kappa shape index (κ3) is 8.48. The van der Waals surface area contributed by atoms with Crippen LogP contribution < -0.4 is 0 Å². The summed E-state index contributed by atoms with van der Waals surface area (Å²) in [6.45, 7) is 24.3. The summed E-state index contributed by atoms with van der Waals surface area (Å²) in [6, 6.07) is 29.6. The van der Waals surface area contributed by atoms with Crippen molar-refractivity contribution in [2.75, 3.05) is 0 Å². The maximum absolute atomic E-state index is 12.6. The van der Waals surface area contributed by atoms with Gasteiger partial charge in [0.05, 0.1) is 6.10 Å². The number of phenolic OH excluding ortho intramolecular Hbond substituents is 1. The van der Waals surface area contributed by atoms with Gasteiger partial charge in [0, 0.05) is 26.2 Å². The number of hydrogen-bond donors (Lipinski definition) is 2. The molecule has 0 radical (unpaired) electrons. The summed E-state index contributed by atoms with van der Waals surface area (Å²) >= 11 is 0. The number of aliphatic hydroxyl groups is 1. The zero-order chi connectivity index (χ0) is 38.7. The van der Waals surface area contributed by atoms with Gasteiger partial charge in [-0.1, -0.05) is 148 Å². The van der Waals surface area contributed by atoms with Gasteiger partial charge < -0.3 is 14.7 Å². The molecule has 0 heterocycles. The van der Waals surface area contributed by atoms with E-state index in [-0.39, 0.29) is 35.4 Å². The third-order valence-electron chi connectivity index (χ3n) is 10.6. The predicted octanol–water partition coefficient (Wildman–Crippen LogP) is 14.8. The molecule has 5 rings (SSSR count). The molecule has 0 amide bonds. The smallest absolute Gasteiger partial charge is 0.131 e. The van der Waals surface area contributed by atoms with Crippen molar-refractivity contribution in [3.63, 3.8) is 0 Å². The maximum atomic E-state index is 12.6. The van der Waals surface area contributed by atoms with E-state index in [0.29, 0.717) is 17.4 Å². The topological polar surface area (TPSA) is 49.7 Å². The van der Waals surface area contributed by atoms with Gasteiger partial charge in [-0.2, -0.15) is 0 Å². The highest BCUT2D eigenvalue weighted by molar-refractivity contribution is 7.09. The monoisotopic (exact) mass is 726 g/mol. The Hall–Kier alpha value is -4.17. The Kier molecular flexibility index (Phi) is 12.7. The number of hydrogen-bond acceptors (Lipinski definition) is 3. The molecule has 0 fully saturated rings. The van der Waals surface area contributed by atoms with Gasteiger partial charge in [0.15, 0.2) is 0 Å². The molecule has 278 valence electrons. The van der Waals surface area contributed by atoms with E-state index in [9.17, 15) is 10.2 Å². The number of aliphatic hydroxyl groups excluding tert-OH is 1. The number of phenols is 1. The van der Waals surface area contributed by atoms with Crippen molar-refractivity contribution in [2.24, 2.45) is 0 Å². The lowest BCUT2D eigenvalue weighted by Crippen LogP contribution is -2.07. The molecule has 0 saturated heterocycles. The zero-order valence-electron chi connectivity index (χ0n) is 33.6. The van der Waals surface area contributed by atoms with E-state index in [1.165, 1.54) is 22.3 Å². The highest BCUT2D eigenvalue weighted by atomic mass is 31.0. The van der Waals surface area contributed by atoms with Gasteiger partial charge in [-0.15, -0.1) is 0 Å². The fraction of sp³-hybridized carbons (Fsp3) is 0.347. The van der Waals surface area contributed by atoms with E-state index in [1.807, 2.05) is 36.4 Å². The van der Waals surface area contributed by atoms with Crippen LogP contribution in [0, 0.1) is 0 Å². The van der Waals surface area contributed by atoms with Crippen LogP contribution in [-0.2, 0) is 4.52 Å². The first kappa shape index (κ1) is 40.0. The second kappa shape index (κ2) is 16.9. The van der Waals surface area contributed by atoms with Crippen LogP contribution in [0.25, 0.3) is 39.6 Å². The van der Waals surface area contributed by atoms with E-state index >= 15 is 0 Å². The molecule has 0 spiro atoms. The molecule has 0 aromatic heterocycles. The minimum atomic E-state index is -0.234.